The largest absolute Gasteiger partial charge is 0.383 e. The van der Waals surface area contributed by atoms with Crippen LogP contribution in [0.15, 0.2) is 23.1 Å². The Morgan fingerprint density at radius 2 is 1.97 bits per heavy atom. The van der Waals surface area contributed by atoms with Crippen LogP contribution in [0.2, 0.25) is 0 Å². The summed E-state index contributed by atoms with van der Waals surface area (Å²) in [5.74, 6) is 0.394. The van der Waals surface area contributed by atoms with E-state index in [2.05, 4.69) is 31.4 Å². The first-order chi connectivity index (χ1) is 13.9. The summed E-state index contributed by atoms with van der Waals surface area (Å²) < 4.78 is 32.0. The highest BCUT2D eigenvalue weighted by atomic mass is 32.2. The Labute approximate surface area is 180 Å². The van der Waals surface area contributed by atoms with Gasteiger partial charge in [0.1, 0.15) is 4.90 Å². The summed E-state index contributed by atoms with van der Waals surface area (Å²) in [6.07, 6.45) is 3.46. The molecule has 2 aliphatic rings. The zero-order chi connectivity index (χ0) is 22.3. The molecule has 3 rings (SSSR count). The van der Waals surface area contributed by atoms with Gasteiger partial charge in [-0.15, -0.1) is 0 Å². The van der Waals surface area contributed by atoms with Gasteiger partial charge >= 0.3 is 0 Å². The minimum absolute atomic E-state index is 0.0306. The van der Waals surface area contributed by atoms with Crippen LogP contribution in [0.4, 0.5) is 5.69 Å². The number of hydrogen-bond donors (Lipinski definition) is 2. The van der Waals surface area contributed by atoms with Crippen molar-refractivity contribution in [3.63, 3.8) is 0 Å². The number of hydrogen-bond acceptors (Lipinski definition) is 5. The quantitative estimate of drug-likeness (QED) is 0.611. The third-order valence-corrected chi connectivity index (χ3v) is 9.02. The summed E-state index contributed by atoms with van der Waals surface area (Å²) in [6, 6.07) is 4.89. The van der Waals surface area contributed by atoms with E-state index in [-0.39, 0.29) is 27.7 Å². The molecule has 2 saturated carbocycles. The van der Waals surface area contributed by atoms with Crippen molar-refractivity contribution in [3.05, 3.63) is 23.8 Å². The van der Waals surface area contributed by atoms with E-state index in [1.54, 1.807) is 19.2 Å². The molecule has 1 aromatic carbocycles. The van der Waals surface area contributed by atoms with Crippen LogP contribution in [0, 0.1) is 16.7 Å². The lowest BCUT2D eigenvalue weighted by molar-refractivity contribution is 0.0737. The van der Waals surface area contributed by atoms with Crippen molar-refractivity contribution in [2.75, 3.05) is 39.7 Å². The zero-order valence-corrected chi connectivity index (χ0v) is 19.7. The van der Waals surface area contributed by atoms with Gasteiger partial charge in [0.25, 0.3) is 5.91 Å². The fourth-order valence-corrected chi connectivity index (χ4v) is 6.47. The maximum absolute atomic E-state index is 13.2. The van der Waals surface area contributed by atoms with E-state index in [0.29, 0.717) is 30.3 Å². The molecule has 0 saturated heterocycles. The molecule has 1 amide bonds. The molecule has 0 aromatic heterocycles. The lowest BCUT2D eigenvalue weighted by atomic mass is 9.68. The number of sulfonamides is 1. The molecule has 2 fully saturated rings. The first kappa shape index (κ1) is 23.0. The van der Waals surface area contributed by atoms with Gasteiger partial charge in [-0.2, -0.15) is 0 Å². The lowest BCUT2D eigenvalue weighted by Crippen LogP contribution is -2.52. The third kappa shape index (κ3) is 3.97. The molecular formula is C22H35N3O4S. The molecule has 8 heteroatoms. The van der Waals surface area contributed by atoms with Crippen molar-refractivity contribution in [2.45, 2.75) is 51.0 Å². The second-order valence-corrected chi connectivity index (χ2v) is 11.9. The number of methoxy groups -OCH3 is 1. The fourth-order valence-electron chi connectivity index (χ4n) is 5.38. The fraction of sp³-hybridized carbons (Fsp3) is 0.682. The van der Waals surface area contributed by atoms with Crippen LogP contribution in [0.5, 0.6) is 0 Å². The first-order valence-electron chi connectivity index (χ1n) is 10.5. The first-order valence-corrected chi connectivity index (χ1v) is 12.0. The topological polar surface area (TPSA) is 87.7 Å². The SMILES string of the molecule is COCCNc1ccc(C(=O)NC2C3(C)CCC(C3)C2(C)C)cc1S(=O)(=O)N(C)C. The minimum Gasteiger partial charge on any atom is -0.383 e. The average molecular weight is 438 g/mol. The highest BCUT2D eigenvalue weighted by molar-refractivity contribution is 7.89. The van der Waals surface area contributed by atoms with Crippen LogP contribution in [0.3, 0.4) is 0 Å². The predicted octanol–water partition coefficient (Wildman–Crippen LogP) is 2.94. The second-order valence-electron chi connectivity index (χ2n) is 9.74. The standard InChI is InChI=1S/C22H35N3O4S/c1-21(2)16-9-10-22(3,14-16)20(21)24-19(26)15-7-8-17(23-11-12-29-6)18(13-15)30(27,28)25(4)5/h7-8,13,16,20,23H,9-12,14H2,1-6H3,(H,24,26). The Bertz CT molecular complexity index is 908. The van der Waals surface area contributed by atoms with E-state index in [0.717, 1.165) is 17.1 Å². The predicted molar refractivity (Wildman–Crippen MR) is 118 cm³/mol. The van der Waals surface area contributed by atoms with Crippen LogP contribution in [0.1, 0.15) is 50.4 Å². The molecule has 7 nitrogen and oxygen atoms in total. The summed E-state index contributed by atoms with van der Waals surface area (Å²) in [6.45, 7) is 7.64. The Morgan fingerprint density at radius 1 is 1.27 bits per heavy atom. The normalized spacial score (nSPS) is 27.4. The third-order valence-electron chi connectivity index (χ3n) is 7.17. The Kier molecular flexibility index (Phi) is 6.24. The van der Waals surface area contributed by atoms with Crippen molar-refractivity contribution in [1.29, 1.82) is 0 Å². The molecule has 2 N–H and O–H groups in total. The molecule has 3 atom stereocenters. The van der Waals surface area contributed by atoms with Gasteiger partial charge in [-0.25, -0.2) is 12.7 Å². The molecule has 0 heterocycles. The molecular weight excluding hydrogens is 402 g/mol. The summed E-state index contributed by atoms with van der Waals surface area (Å²) in [7, 11) is 0.838. The average Bonchev–Trinajstić information content (AvgIpc) is 3.16. The summed E-state index contributed by atoms with van der Waals surface area (Å²) >= 11 is 0. The van der Waals surface area contributed by atoms with Gasteiger partial charge in [0.05, 0.1) is 12.3 Å². The number of benzene rings is 1. The molecule has 0 aliphatic heterocycles. The maximum Gasteiger partial charge on any atom is 0.251 e. The number of ether oxygens (including phenoxy) is 1. The molecule has 2 aliphatic carbocycles. The molecule has 30 heavy (non-hydrogen) atoms. The Morgan fingerprint density at radius 3 is 2.53 bits per heavy atom. The van der Waals surface area contributed by atoms with Crippen molar-refractivity contribution >= 4 is 21.6 Å². The van der Waals surface area contributed by atoms with E-state index in [9.17, 15) is 13.2 Å². The van der Waals surface area contributed by atoms with Gasteiger partial charge in [0.2, 0.25) is 10.0 Å². The number of carbonyl (C=O) groups excluding carboxylic acids is 1. The summed E-state index contributed by atoms with van der Waals surface area (Å²) in [5.41, 5.74) is 0.951. The van der Waals surface area contributed by atoms with Crippen LogP contribution < -0.4 is 10.6 Å². The zero-order valence-electron chi connectivity index (χ0n) is 18.9. The van der Waals surface area contributed by atoms with Gasteiger partial charge in [-0.3, -0.25) is 4.79 Å². The lowest BCUT2D eigenvalue weighted by Gasteiger charge is -2.43. The van der Waals surface area contributed by atoms with Gasteiger partial charge in [0, 0.05) is 39.4 Å². The van der Waals surface area contributed by atoms with Crippen LogP contribution in [-0.2, 0) is 14.8 Å². The van der Waals surface area contributed by atoms with Gasteiger partial charge < -0.3 is 15.4 Å². The number of fused-ring (bicyclic) bond motifs is 2. The Balaban J connectivity index is 1.89. The van der Waals surface area contributed by atoms with Gasteiger partial charge in [0.15, 0.2) is 0 Å². The Hall–Kier alpha value is -1.64. The molecule has 2 bridgehead atoms. The van der Waals surface area contributed by atoms with Crippen molar-refractivity contribution < 1.29 is 17.9 Å². The molecule has 3 unspecified atom stereocenters. The van der Waals surface area contributed by atoms with E-state index < -0.39 is 10.0 Å². The molecule has 168 valence electrons. The number of nitrogens with one attached hydrogen (secondary N) is 2. The number of nitrogens with zero attached hydrogens (tertiary/aromatic N) is 1. The van der Waals surface area contributed by atoms with Gasteiger partial charge in [-0.1, -0.05) is 20.8 Å². The number of amides is 1. The smallest absolute Gasteiger partial charge is 0.251 e. The van der Waals surface area contributed by atoms with Crippen LogP contribution in [-0.4, -0.2) is 59.0 Å². The van der Waals surface area contributed by atoms with Crippen molar-refractivity contribution in [3.8, 4) is 0 Å². The van der Waals surface area contributed by atoms with Crippen molar-refractivity contribution in [2.24, 2.45) is 16.7 Å². The monoisotopic (exact) mass is 437 g/mol. The molecule has 0 radical (unpaired) electrons. The summed E-state index contributed by atoms with van der Waals surface area (Å²) in [4.78, 5) is 13.3. The van der Waals surface area contributed by atoms with Crippen molar-refractivity contribution in [1.82, 2.24) is 9.62 Å². The molecule has 1 aromatic rings. The second kappa shape index (κ2) is 8.13. The van der Waals surface area contributed by atoms with E-state index >= 15 is 0 Å². The van der Waals surface area contributed by atoms with E-state index in [1.165, 1.54) is 26.6 Å². The highest BCUT2D eigenvalue weighted by Gasteiger charge is 2.59. The van der Waals surface area contributed by atoms with Crippen LogP contribution in [0.25, 0.3) is 0 Å². The highest BCUT2D eigenvalue weighted by Crippen LogP contribution is 2.62. The number of carbonyl (C=O) groups is 1. The molecule has 0 spiro atoms. The van der Waals surface area contributed by atoms with Crippen LogP contribution >= 0.6 is 0 Å². The van der Waals surface area contributed by atoms with Gasteiger partial charge in [-0.05, 0) is 54.2 Å². The van der Waals surface area contributed by atoms with E-state index in [1.807, 2.05) is 0 Å². The number of rotatable bonds is 8. The summed E-state index contributed by atoms with van der Waals surface area (Å²) in [5, 5.41) is 6.34. The maximum atomic E-state index is 13.2. The number of anilines is 1. The minimum atomic E-state index is -3.72. The van der Waals surface area contributed by atoms with E-state index in [4.69, 9.17) is 4.74 Å².